The number of guanidine groups is 1. The summed E-state index contributed by atoms with van der Waals surface area (Å²) in [7, 11) is 1.68. The highest BCUT2D eigenvalue weighted by Crippen LogP contribution is 2.16. The van der Waals surface area contributed by atoms with Crippen molar-refractivity contribution >= 4 is 23.5 Å². The maximum absolute atomic E-state index is 11.7. The lowest BCUT2D eigenvalue weighted by Gasteiger charge is -2.18. The van der Waals surface area contributed by atoms with Crippen molar-refractivity contribution in [2.24, 2.45) is 4.99 Å². The number of nitrogens with zero attached hydrogens (tertiary/aromatic N) is 1. The second-order valence-corrected chi connectivity index (χ2v) is 5.93. The zero-order valence-corrected chi connectivity index (χ0v) is 15.5. The molecule has 0 fully saturated rings. The van der Waals surface area contributed by atoms with Crippen molar-refractivity contribution in [3.63, 3.8) is 0 Å². The lowest BCUT2D eigenvalue weighted by Crippen LogP contribution is -2.44. The molecule has 140 valence electrons. The van der Waals surface area contributed by atoms with E-state index in [2.05, 4.69) is 20.9 Å². The van der Waals surface area contributed by atoms with Gasteiger partial charge in [-0.05, 0) is 43.3 Å². The van der Waals surface area contributed by atoms with Crippen LogP contribution >= 0.6 is 11.6 Å². The normalized spacial score (nSPS) is 12.3. The number of rotatable bonds is 8. The van der Waals surface area contributed by atoms with Gasteiger partial charge in [-0.25, -0.2) is 0 Å². The number of carbonyl (C=O) groups excluding carboxylic acids is 1. The van der Waals surface area contributed by atoms with E-state index in [4.69, 9.17) is 20.8 Å². The monoisotopic (exact) mass is 378 g/mol. The number of hydrogen-bond donors (Lipinski definition) is 3. The first-order chi connectivity index (χ1) is 12.6. The number of nitrogens with one attached hydrogen (secondary N) is 3. The first-order valence-electron chi connectivity index (χ1n) is 8.27. The zero-order valence-electron chi connectivity index (χ0n) is 14.8. The molecule has 8 heteroatoms. The average Bonchev–Trinajstić information content (AvgIpc) is 3.17. The van der Waals surface area contributed by atoms with Crippen molar-refractivity contribution in [1.29, 1.82) is 0 Å². The van der Waals surface area contributed by atoms with Crippen LogP contribution in [0.3, 0.4) is 0 Å². The first-order valence-corrected chi connectivity index (χ1v) is 8.64. The first kappa shape index (κ1) is 19.7. The molecule has 0 aliphatic carbocycles. The smallest absolute Gasteiger partial charge is 0.287 e. The van der Waals surface area contributed by atoms with Crippen molar-refractivity contribution in [3.8, 4) is 5.75 Å². The predicted molar refractivity (Wildman–Crippen MR) is 102 cm³/mol. The predicted octanol–water partition coefficient (Wildman–Crippen LogP) is 2.30. The van der Waals surface area contributed by atoms with Crippen LogP contribution < -0.4 is 20.7 Å². The van der Waals surface area contributed by atoms with Crippen molar-refractivity contribution < 1.29 is 13.9 Å². The number of halogens is 1. The Bertz CT molecular complexity index is 702. The molecule has 0 bridgehead atoms. The molecule has 1 atom stereocenters. The van der Waals surface area contributed by atoms with E-state index < -0.39 is 0 Å². The Morgan fingerprint density at radius 2 is 1.92 bits per heavy atom. The Balaban J connectivity index is 1.64. The minimum atomic E-state index is -0.246. The molecule has 0 spiro atoms. The van der Waals surface area contributed by atoms with E-state index in [-0.39, 0.29) is 12.0 Å². The Morgan fingerprint density at radius 3 is 2.58 bits per heavy atom. The van der Waals surface area contributed by atoms with E-state index in [1.54, 1.807) is 31.3 Å². The topological polar surface area (TPSA) is 87.9 Å². The molecule has 26 heavy (non-hydrogen) atoms. The number of amides is 1. The Morgan fingerprint density at radius 1 is 1.19 bits per heavy atom. The van der Waals surface area contributed by atoms with Crippen LogP contribution in [-0.2, 0) is 0 Å². The molecule has 0 radical (unpaired) electrons. The largest absolute Gasteiger partial charge is 0.489 e. The zero-order chi connectivity index (χ0) is 18.8. The minimum absolute atomic E-state index is 0.0617. The highest BCUT2D eigenvalue weighted by atomic mass is 35.5. The van der Waals surface area contributed by atoms with Gasteiger partial charge in [0.15, 0.2) is 11.7 Å². The van der Waals surface area contributed by atoms with Crippen molar-refractivity contribution in [3.05, 3.63) is 53.4 Å². The maximum atomic E-state index is 11.7. The molecule has 0 saturated heterocycles. The van der Waals surface area contributed by atoms with Crippen LogP contribution in [-0.4, -0.2) is 44.7 Å². The van der Waals surface area contributed by atoms with Gasteiger partial charge in [0.2, 0.25) is 0 Å². The van der Waals surface area contributed by atoms with Gasteiger partial charge in [-0.15, -0.1) is 0 Å². The Labute approximate surface area is 157 Å². The Kier molecular flexibility index (Phi) is 7.82. The molecular weight excluding hydrogens is 356 g/mol. The number of ether oxygens (including phenoxy) is 1. The second kappa shape index (κ2) is 10.4. The molecule has 1 amide bonds. The fraction of sp³-hybridized carbons (Fsp3) is 0.333. The van der Waals surface area contributed by atoms with E-state index in [9.17, 15) is 4.79 Å². The third kappa shape index (κ3) is 6.68. The summed E-state index contributed by atoms with van der Waals surface area (Å²) in [6.45, 7) is 3.50. The third-order valence-corrected chi connectivity index (χ3v) is 3.63. The SMILES string of the molecule is CN=C(NCCNC(=O)c1ccco1)NCC(C)Oc1ccc(Cl)cc1. The van der Waals surface area contributed by atoms with Gasteiger partial charge in [0.1, 0.15) is 11.9 Å². The number of aliphatic imine (C=N–C) groups is 1. The molecule has 1 aromatic heterocycles. The number of benzene rings is 1. The lowest BCUT2D eigenvalue weighted by molar-refractivity contribution is 0.0926. The summed E-state index contributed by atoms with van der Waals surface area (Å²) in [6.07, 6.45) is 1.40. The van der Waals surface area contributed by atoms with Crippen LogP contribution in [0.1, 0.15) is 17.5 Å². The van der Waals surface area contributed by atoms with Crippen molar-refractivity contribution in [2.75, 3.05) is 26.7 Å². The van der Waals surface area contributed by atoms with E-state index in [1.165, 1.54) is 6.26 Å². The van der Waals surface area contributed by atoms with Gasteiger partial charge in [-0.1, -0.05) is 11.6 Å². The van der Waals surface area contributed by atoms with E-state index in [0.29, 0.717) is 36.4 Å². The molecule has 0 saturated carbocycles. The fourth-order valence-electron chi connectivity index (χ4n) is 2.10. The van der Waals surface area contributed by atoms with Crippen LogP contribution in [0.5, 0.6) is 5.75 Å². The molecule has 0 aliphatic heterocycles. The highest BCUT2D eigenvalue weighted by molar-refractivity contribution is 6.30. The van der Waals surface area contributed by atoms with Crippen molar-refractivity contribution in [2.45, 2.75) is 13.0 Å². The van der Waals surface area contributed by atoms with Gasteiger partial charge >= 0.3 is 0 Å². The van der Waals surface area contributed by atoms with Crippen molar-refractivity contribution in [1.82, 2.24) is 16.0 Å². The number of furan rings is 1. The molecule has 2 aromatic rings. The summed E-state index contributed by atoms with van der Waals surface area (Å²) >= 11 is 5.86. The second-order valence-electron chi connectivity index (χ2n) is 5.50. The lowest BCUT2D eigenvalue weighted by atomic mass is 10.3. The molecule has 1 aromatic carbocycles. The highest BCUT2D eigenvalue weighted by Gasteiger charge is 2.08. The standard InChI is InChI=1S/C18H23ClN4O3/c1-13(26-15-7-5-14(19)6-8-15)12-23-18(20-2)22-10-9-21-17(24)16-4-3-11-25-16/h3-8,11,13H,9-10,12H2,1-2H3,(H,21,24)(H2,20,22,23). The summed E-state index contributed by atoms with van der Waals surface area (Å²) < 4.78 is 10.8. The summed E-state index contributed by atoms with van der Waals surface area (Å²) in [5.74, 6) is 1.43. The van der Waals surface area contributed by atoms with E-state index in [1.807, 2.05) is 19.1 Å². The molecular formula is C18H23ClN4O3. The molecule has 7 nitrogen and oxygen atoms in total. The summed E-state index contributed by atoms with van der Waals surface area (Å²) in [5, 5.41) is 9.72. The van der Waals surface area contributed by atoms with E-state index >= 15 is 0 Å². The quantitative estimate of drug-likeness (QED) is 0.372. The molecule has 0 aliphatic rings. The van der Waals surface area contributed by atoms with Crippen LogP contribution in [0.15, 0.2) is 52.1 Å². The van der Waals surface area contributed by atoms with Gasteiger partial charge in [-0.2, -0.15) is 0 Å². The maximum Gasteiger partial charge on any atom is 0.287 e. The fourth-order valence-corrected chi connectivity index (χ4v) is 2.23. The number of hydrogen-bond acceptors (Lipinski definition) is 4. The Hall–Kier alpha value is -2.67. The third-order valence-electron chi connectivity index (χ3n) is 3.38. The van der Waals surface area contributed by atoms with Crippen LogP contribution in [0.25, 0.3) is 0 Å². The molecule has 1 unspecified atom stereocenters. The van der Waals surface area contributed by atoms with Gasteiger partial charge < -0.3 is 25.1 Å². The molecule has 3 N–H and O–H groups in total. The van der Waals surface area contributed by atoms with Crippen LogP contribution in [0, 0.1) is 0 Å². The van der Waals surface area contributed by atoms with Crippen LogP contribution in [0.2, 0.25) is 5.02 Å². The average molecular weight is 379 g/mol. The minimum Gasteiger partial charge on any atom is -0.489 e. The van der Waals surface area contributed by atoms with E-state index in [0.717, 1.165) is 5.75 Å². The van der Waals surface area contributed by atoms with Gasteiger partial charge in [0.25, 0.3) is 5.91 Å². The summed E-state index contributed by atoms with van der Waals surface area (Å²) in [5.41, 5.74) is 0. The van der Waals surface area contributed by atoms with Gasteiger partial charge in [0, 0.05) is 25.2 Å². The summed E-state index contributed by atoms with van der Waals surface area (Å²) in [6, 6.07) is 10.5. The molecule has 2 rings (SSSR count). The van der Waals surface area contributed by atoms with Gasteiger partial charge in [-0.3, -0.25) is 9.79 Å². The van der Waals surface area contributed by atoms with Crippen LogP contribution in [0.4, 0.5) is 0 Å². The summed E-state index contributed by atoms with van der Waals surface area (Å²) in [4.78, 5) is 15.9. The molecule has 1 heterocycles. The van der Waals surface area contributed by atoms with Gasteiger partial charge in [0.05, 0.1) is 12.8 Å². The number of carbonyl (C=O) groups is 1.